The number of fused-ring (bicyclic) bond motifs is 1. The first-order chi connectivity index (χ1) is 11.6. The number of rotatable bonds is 4. The minimum atomic E-state index is -0.941. The van der Waals surface area contributed by atoms with Crippen LogP contribution < -0.4 is 5.32 Å². The topological polar surface area (TPSA) is 49.3 Å². The van der Waals surface area contributed by atoms with Crippen molar-refractivity contribution in [1.29, 1.82) is 0 Å². The van der Waals surface area contributed by atoms with Crippen molar-refractivity contribution in [1.82, 2.24) is 5.32 Å². The van der Waals surface area contributed by atoms with Gasteiger partial charge in [-0.3, -0.25) is 4.79 Å². The number of amides is 1. The Balaban J connectivity index is 1.75. The first-order valence-electron chi connectivity index (χ1n) is 7.45. The molecule has 5 heteroatoms. The van der Waals surface area contributed by atoms with Gasteiger partial charge in [-0.2, -0.15) is 0 Å². The Kier molecular flexibility index (Phi) is 4.53. The van der Waals surface area contributed by atoms with E-state index in [-0.39, 0.29) is 12.1 Å². The highest BCUT2D eigenvalue weighted by atomic mass is 19.1. The molecule has 3 nitrogen and oxygen atoms in total. The summed E-state index contributed by atoms with van der Waals surface area (Å²) in [4.78, 5) is 12.0. The van der Waals surface area contributed by atoms with Gasteiger partial charge in [-0.1, -0.05) is 42.5 Å². The molecule has 0 spiro atoms. The van der Waals surface area contributed by atoms with Gasteiger partial charge in [0.2, 0.25) is 0 Å². The maximum absolute atomic E-state index is 13.6. The van der Waals surface area contributed by atoms with Crippen molar-refractivity contribution in [2.24, 2.45) is 0 Å². The molecule has 3 rings (SSSR count). The van der Waals surface area contributed by atoms with E-state index in [1.54, 1.807) is 6.07 Å². The standard InChI is InChI=1S/C19H15F2NO2/c20-13-8-9-16(17(21)10-13)19(24)22-11-18(23)15-7-3-5-12-4-1-2-6-14(12)15/h1-10,18,23H,11H2,(H,22,24)/t18-/m0/s1. The maximum atomic E-state index is 13.6. The van der Waals surface area contributed by atoms with Gasteiger partial charge in [0.05, 0.1) is 11.7 Å². The van der Waals surface area contributed by atoms with E-state index in [0.29, 0.717) is 11.6 Å². The molecule has 0 aliphatic carbocycles. The molecule has 3 aromatic carbocycles. The molecular weight excluding hydrogens is 312 g/mol. The van der Waals surface area contributed by atoms with Crippen LogP contribution in [0.25, 0.3) is 10.8 Å². The van der Waals surface area contributed by atoms with Crippen molar-refractivity contribution in [3.63, 3.8) is 0 Å². The molecular formula is C19H15F2NO2. The van der Waals surface area contributed by atoms with E-state index in [2.05, 4.69) is 5.32 Å². The number of carbonyl (C=O) groups excluding carboxylic acids is 1. The van der Waals surface area contributed by atoms with Crippen LogP contribution in [0.4, 0.5) is 8.78 Å². The Morgan fingerprint density at radius 1 is 1.04 bits per heavy atom. The van der Waals surface area contributed by atoms with Gasteiger partial charge in [-0.05, 0) is 28.5 Å². The second kappa shape index (κ2) is 6.76. The van der Waals surface area contributed by atoms with E-state index in [0.717, 1.165) is 22.9 Å². The van der Waals surface area contributed by atoms with Crippen LogP contribution in [0.2, 0.25) is 0 Å². The quantitative estimate of drug-likeness (QED) is 0.769. The molecule has 0 heterocycles. The smallest absolute Gasteiger partial charge is 0.254 e. The first kappa shape index (κ1) is 16.1. The lowest BCUT2D eigenvalue weighted by Crippen LogP contribution is -2.29. The molecule has 0 aliphatic heterocycles. The van der Waals surface area contributed by atoms with Gasteiger partial charge in [-0.25, -0.2) is 8.78 Å². The number of aliphatic hydroxyl groups excluding tert-OH is 1. The summed E-state index contributed by atoms with van der Waals surface area (Å²) in [6.45, 7) is -0.0797. The normalized spacial score (nSPS) is 12.1. The summed E-state index contributed by atoms with van der Waals surface area (Å²) in [5.74, 6) is -2.39. The third-order valence-electron chi connectivity index (χ3n) is 3.81. The summed E-state index contributed by atoms with van der Waals surface area (Å²) in [5, 5.41) is 14.7. The Labute approximate surface area is 137 Å². The van der Waals surface area contributed by atoms with E-state index in [1.165, 1.54) is 0 Å². The van der Waals surface area contributed by atoms with Crippen LogP contribution in [-0.4, -0.2) is 17.6 Å². The fourth-order valence-corrected chi connectivity index (χ4v) is 2.61. The highest BCUT2D eigenvalue weighted by Gasteiger charge is 2.16. The number of aliphatic hydroxyl groups is 1. The SMILES string of the molecule is O=C(NC[C@H](O)c1cccc2ccccc12)c1ccc(F)cc1F. The predicted octanol–water partition coefficient (Wildman–Crippen LogP) is 3.58. The second-order valence-corrected chi connectivity index (χ2v) is 5.42. The summed E-state index contributed by atoms with van der Waals surface area (Å²) in [5.41, 5.74) is 0.412. The molecule has 2 N–H and O–H groups in total. The molecule has 0 saturated heterocycles. The monoisotopic (exact) mass is 327 g/mol. The van der Waals surface area contributed by atoms with Crippen LogP contribution in [-0.2, 0) is 0 Å². The predicted molar refractivity (Wildman–Crippen MR) is 87.6 cm³/mol. The van der Waals surface area contributed by atoms with Crippen LogP contribution in [0.15, 0.2) is 60.7 Å². The van der Waals surface area contributed by atoms with E-state index >= 15 is 0 Å². The Hall–Kier alpha value is -2.79. The van der Waals surface area contributed by atoms with Crippen molar-refractivity contribution in [3.05, 3.63) is 83.4 Å². The average molecular weight is 327 g/mol. The molecule has 0 bridgehead atoms. The summed E-state index contributed by atoms with van der Waals surface area (Å²) in [6, 6.07) is 15.8. The Bertz CT molecular complexity index is 890. The van der Waals surface area contributed by atoms with Gasteiger partial charge in [0.1, 0.15) is 11.6 Å². The van der Waals surface area contributed by atoms with Gasteiger partial charge < -0.3 is 10.4 Å². The van der Waals surface area contributed by atoms with Crippen LogP contribution in [0.1, 0.15) is 22.0 Å². The van der Waals surface area contributed by atoms with E-state index < -0.39 is 23.6 Å². The third kappa shape index (κ3) is 3.26. The van der Waals surface area contributed by atoms with Gasteiger partial charge in [-0.15, -0.1) is 0 Å². The minimum Gasteiger partial charge on any atom is -0.387 e. The lowest BCUT2D eigenvalue weighted by molar-refractivity contribution is 0.0913. The van der Waals surface area contributed by atoms with Crippen molar-refractivity contribution < 1.29 is 18.7 Å². The third-order valence-corrected chi connectivity index (χ3v) is 3.81. The van der Waals surface area contributed by atoms with Crippen molar-refractivity contribution >= 4 is 16.7 Å². The number of hydrogen-bond acceptors (Lipinski definition) is 2. The van der Waals surface area contributed by atoms with Crippen LogP contribution in [0.5, 0.6) is 0 Å². The highest BCUT2D eigenvalue weighted by molar-refractivity contribution is 5.94. The average Bonchev–Trinajstić information content (AvgIpc) is 2.59. The molecule has 24 heavy (non-hydrogen) atoms. The molecule has 0 radical (unpaired) electrons. The zero-order valence-corrected chi connectivity index (χ0v) is 12.7. The molecule has 0 fully saturated rings. The van der Waals surface area contributed by atoms with E-state index in [4.69, 9.17) is 0 Å². The Morgan fingerprint density at radius 3 is 2.58 bits per heavy atom. The molecule has 122 valence electrons. The van der Waals surface area contributed by atoms with Crippen molar-refractivity contribution in [2.45, 2.75) is 6.10 Å². The van der Waals surface area contributed by atoms with Crippen molar-refractivity contribution in [3.8, 4) is 0 Å². The largest absolute Gasteiger partial charge is 0.387 e. The van der Waals surface area contributed by atoms with Gasteiger partial charge in [0.15, 0.2) is 0 Å². The van der Waals surface area contributed by atoms with Crippen molar-refractivity contribution in [2.75, 3.05) is 6.54 Å². The zero-order chi connectivity index (χ0) is 17.1. The Morgan fingerprint density at radius 2 is 1.79 bits per heavy atom. The van der Waals surface area contributed by atoms with Gasteiger partial charge in [0, 0.05) is 12.6 Å². The molecule has 3 aromatic rings. The number of nitrogens with one attached hydrogen (secondary N) is 1. The summed E-state index contributed by atoms with van der Waals surface area (Å²) < 4.78 is 26.5. The lowest BCUT2D eigenvalue weighted by Gasteiger charge is -2.15. The fourth-order valence-electron chi connectivity index (χ4n) is 2.61. The molecule has 1 amide bonds. The molecule has 1 atom stereocenters. The second-order valence-electron chi connectivity index (χ2n) is 5.42. The molecule has 0 aromatic heterocycles. The zero-order valence-electron chi connectivity index (χ0n) is 12.7. The van der Waals surface area contributed by atoms with E-state index in [1.807, 2.05) is 36.4 Å². The summed E-state index contributed by atoms with van der Waals surface area (Å²) in [7, 11) is 0. The number of carbonyl (C=O) groups is 1. The molecule has 0 saturated carbocycles. The molecule has 0 unspecified atom stereocenters. The highest BCUT2D eigenvalue weighted by Crippen LogP contribution is 2.24. The minimum absolute atomic E-state index is 0.0797. The van der Waals surface area contributed by atoms with Gasteiger partial charge >= 0.3 is 0 Å². The van der Waals surface area contributed by atoms with Gasteiger partial charge in [0.25, 0.3) is 5.91 Å². The lowest BCUT2D eigenvalue weighted by atomic mass is 10.0. The van der Waals surface area contributed by atoms with E-state index in [9.17, 15) is 18.7 Å². The summed E-state index contributed by atoms with van der Waals surface area (Å²) in [6.07, 6.45) is -0.941. The van der Waals surface area contributed by atoms with Crippen LogP contribution >= 0.6 is 0 Å². The number of benzene rings is 3. The van der Waals surface area contributed by atoms with Crippen LogP contribution in [0, 0.1) is 11.6 Å². The first-order valence-corrected chi connectivity index (χ1v) is 7.45. The maximum Gasteiger partial charge on any atom is 0.254 e. The number of hydrogen-bond donors (Lipinski definition) is 2. The fraction of sp³-hybridized carbons (Fsp3) is 0.105. The van der Waals surface area contributed by atoms with Crippen LogP contribution in [0.3, 0.4) is 0 Å². The molecule has 0 aliphatic rings. The summed E-state index contributed by atoms with van der Waals surface area (Å²) >= 11 is 0. The number of halogens is 2.